The van der Waals surface area contributed by atoms with E-state index in [1.165, 1.54) is 12.1 Å². The van der Waals surface area contributed by atoms with E-state index >= 15 is 0 Å². The van der Waals surface area contributed by atoms with Gasteiger partial charge < -0.3 is 5.11 Å². The van der Waals surface area contributed by atoms with E-state index in [0.717, 1.165) is 5.56 Å². The maximum atomic E-state index is 11.4. The molecule has 2 heterocycles. The second-order valence-electron chi connectivity index (χ2n) is 4.28. The fourth-order valence-electron chi connectivity index (χ4n) is 1.68. The number of benzene rings is 1. The summed E-state index contributed by atoms with van der Waals surface area (Å²) in [4.78, 5) is 30.9. The fourth-order valence-corrected chi connectivity index (χ4v) is 1.68. The summed E-state index contributed by atoms with van der Waals surface area (Å²) >= 11 is 0. The van der Waals surface area contributed by atoms with Gasteiger partial charge in [-0.1, -0.05) is 12.1 Å². The lowest BCUT2D eigenvalue weighted by molar-refractivity contribution is 0.475. The summed E-state index contributed by atoms with van der Waals surface area (Å²) in [5.74, 6) is 0.0875. The minimum absolute atomic E-state index is 0.0117. The quantitative estimate of drug-likeness (QED) is 0.595. The molecule has 0 atom stereocenters. The first kappa shape index (κ1) is 13.5. The van der Waals surface area contributed by atoms with Crippen molar-refractivity contribution in [2.75, 3.05) is 0 Å². The van der Waals surface area contributed by atoms with Gasteiger partial charge in [0.2, 0.25) is 0 Å². The molecule has 2 aromatic heterocycles. The number of rotatable bonds is 3. The third-order valence-electron chi connectivity index (χ3n) is 2.70. The predicted octanol–water partition coefficient (Wildman–Crippen LogP) is 0.391. The van der Waals surface area contributed by atoms with Crippen LogP contribution in [0.1, 0.15) is 5.56 Å². The smallest absolute Gasteiger partial charge is 0.327 e. The Balaban J connectivity index is 1.84. The summed E-state index contributed by atoms with van der Waals surface area (Å²) < 4.78 is 0. The Morgan fingerprint density at radius 1 is 1.09 bits per heavy atom. The lowest BCUT2D eigenvalue weighted by Gasteiger charge is -1.96. The Hall–Kier alpha value is -3.43. The number of nitrogens with zero attached hydrogens (tertiary/aromatic N) is 5. The van der Waals surface area contributed by atoms with Crippen LogP contribution in [-0.4, -0.2) is 30.3 Å². The van der Waals surface area contributed by atoms with Crippen molar-refractivity contribution in [2.45, 2.75) is 6.54 Å². The summed E-state index contributed by atoms with van der Waals surface area (Å²) in [7, 11) is 0. The van der Waals surface area contributed by atoms with E-state index in [1.54, 1.807) is 12.1 Å². The highest BCUT2D eigenvalue weighted by Crippen LogP contribution is 2.11. The second kappa shape index (κ2) is 5.52. The van der Waals surface area contributed by atoms with Gasteiger partial charge in [0.1, 0.15) is 5.75 Å². The van der Waals surface area contributed by atoms with Gasteiger partial charge in [-0.2, -0.15) is 10.1 Å². The monoisotopic (exact) mass is 299 g/mol. The lowest BCUT2D eigenvalue weighted by atomic mass is 10.2. The Morgan fingerprint density at radius 2 is 1.86 bits per heavy atom. The molecule has 0 fully saturated rings. The number of fused-ring (bicyclic) bond motifs is 1. The Labute approximate surface area is 121 Å². The SMILES string of the molecule is O=c1[nH]c(=O)c2nnc(N=NCc3ccc(O)cc3)nc2[nH]1. The molecule has 0 bridgehead atoms. The van der Waals surface area contributed by atoms with Gasteiger partial charge in [-0.15, -0.1) is 15.3 Å². The molecule has 0 spiro atoms. The highest BCUT2D eigenvalue weighted by molar-refractivity contribution is 5.67. The zero-order valence-electron chi connectivity index (χ0n) is 11.0. The molecule has 3 aromatic rings. The van der Waals surface area contributed by atoms with Crippen LogP contribution in [0, 0.1) is 0 Å². The topological polar surface area (TPSA) is 149 Å². The Kier molecular flexibility index (Phi) is 3.40. The molecule has 0 aliphatic carbocycles. The highest BCUT2D eigenvalue weighted by atomic mass is 16.3. The molecular weight excluding hydrogens is 290 g/mol. The minimum atomic E-state index is -0.690. The first-order valence-electron chi connectivity index (χ1n) is 6.14. The van der Waals surface area contributed by atoms with Gasteiger partial charge in [0.25, 0.3) is 11.5 Å². The molecule has 10 nitrogen and oxygen atoms in total. The van der Waals surface area contributed by atoms with E-state index in [4.69, 9.17) is 5.11 Å². The number of azo groups is 1. The zero-order valence-corrected chi connectivity index (χ0v) is 11.0. The molecule has 10 heteroatoms. The van der Waals surface area contributed by atoms with Crippen LogP contribution in [0.2, 0.25) is 0 Å². The molecule has 0 amide bonds. The van der Waals surface area contributed by atoms with E-state index in [2.05, 4.69) is 30.4 Å². The van der Waals surface area contributed by atoms with Crippen LogP contribution < -0.4 is 11.2 Å². The number of phenolic OH excluding ortho intramolecular Hbond substituents is 1. The molecule has 110 valence electrons. The first-order chi connectivity index (χ1) is 10.6. The molecule has 1 aromatic carbocycles. The molecular formula is C12H9N7O3. The Bertz CT molecular complexity index is 959. The van der Waals surface area contributed by atoms with Gasteiger partial charge in [0, 0.05) is 0 Å². The first-order valence-corrected chi connectivity index (χ1v) is 6.14. The lowest BCUT2D eigenvalue weighted by Crippen LogP contribution is -2.23. The molecule has 0 saturated carbocycles. The van der Waals surface area contributed by atoms with Crippen molar-refractivity contribution in [1.82, 2.24) is 25.1 Å². The van der Waals surface area contributed by atoms with Crippen LogP contribution in [0.4, 0.5) is 5.95 Å². The molecule has 0 saturated heterocycles. The maximum Gasteiger partial charge on any atom is 0.327 e. The van der Waals surface area contributed by atoms with Crippen LogP contribution >= 0.6 is 0 Å². The zero-order chi connectivity index (χ0) is 15.5. The second-order valence-corrected chi connectivity index (χ2v) is 4.28. The van der Waals surface area contributed by atoms with E-state index in [9.17, 15) is 9.59 Å². The standard InChI is InChI=1S/C12H9N7O3/c20-7-3-1-6(2-4-7)5-13-18-11-14-9-8(17-19-11)10(21)16-12(22)15-9/h1-4,20H,5H2,(H2,14,15,16,19,21,22). The van der Waals surface area contributed by atoms with Crippen LogP contribution in [-0.2, 0) is 6.54 Å². The van der Waals surface area contributed by atoms with Crippen LogP contribution in [0.3, 0.4) is 0 Å². The molecule has 0 aliphatic heterocycles. The average Bonchev–Trinajstić information content (AvgIpc) is 2.49. The summed E-state index contributed by atoms with van der Waals surface area (Å²) in [6.45, 7) is 0.258. The molecule has 3 N–H and O–H groups in total. The Morgan fingerprint density at radius 3 is 2.64 bits per heavy atom. The van der Waals surface area contributed by atoms with Crippen molar-refractivity contribution >= 4 is 17.1 Å². The number of aromatic hydroxyl groups is 1. The molecule has 3 rings (SSSR count). The van der Waals surface area contributed by atoms with E-state index in [0.29, 0.717) is 0 Å². The maximum absolute atomic E-state index is 11.4. The minimum Gasteiger partial charge on any atom is -0.508 e. The van der Waals surface area contributed by atoms with Gasteiger partial charge in [-0.05, 0) is 17.7 Å². The van der Waals surface area contributed by atoms with Gasteiger partial charge in [0.15, 0.2) is 11.2 Å². The number of nitrogens with one attached hydrogen (secondary N) is 2. The van der Waals surface area contributed by atoms with Gasteiger partial charge in [-0.3, -0.25) is 14.8 Å². The molecule has 0 radical (unpaired) electrons. The average molecular weight is 299 g/mol. The number of hydrogen-bond donors (Lipinski definition) is 3. The van der Waals surface area contributed by atoms with Crippen molar-refractivity contribution in [3.8, 4) is 5.75 Å². The van der Waals surface area contributed by atoms with Crippen molar-refractivity contribution < 1.29 is 5.11 Å². The fraction of sp³-hybridized carbons (Fsp3) is 0.0833. The number of hydrogen-bond acceptors (Lipinski definition) is 8. The van der Waals surface area contributed by atoms with E-state index in [-0.39, 0.29) is 29.4 Å². The third kappa shape index (κ3) is 2.85. The molecule has 22 heavy (non-hydrogen) atoms. The summed E-state index contributed by atoms with van der Waals surface area (Å²) in [5.41, 5.74) is -0.629. The third-order valence-corrected chi connectivity index (χ3v) is 2.70. The van der Waals surface area contributed by atoms with E-state index < -0.39 is 11.2 Å². The van der Waals surface area contributed by atoms with Gasteiger partial charge >= 0.3 is 5.69 Å². The number of aromatic nitrogens is 5. The van der Waals surface area contributed by atoms with Crippen molar-refractivity contribution in [1.29, 1.82) is 0 Å². The normalized spacial score (nSPS) is 11.3. The summed E-state index contributed by atoms with van der Waals surface area (Å²) in [5, 5.41) is 24.1. The number of H-pyrrole nitrogens is 2. The summed E-state index contributed by atoms with van der Waals surface area (Å²) in [6.07, 6.45) is 0. The van der Waals surface area contributed by atoms with E-state index in [1.807, 2.05) is 4.98 Å². The molecule has 0 unspecified atom stereocenters. The molecule has 0 aliphatic rings. The van der Waals surface area contributed by atoms with Gasteiger partial charge in [0.05, 0.1) is 6.54 Å². The van der Waals surface area contributed by atoms with Crippen LogP contribution in [0.15, 0.2) is 44.1 Å². The highest BCUT2D eigenvalue weighted by Gasteiger charge is 2.05. The number of phenols is 1. The van der Waals surface area contributed by atoms with Gasteiger partial charge in [-0.25, -0.2) is 4.79 Å². The van der Waals surface area contributed by atoms with Crippen molar-refractivity contribution in [2.24, 2.45) is 10.2 Å². The predicted molar refractivity (Wildman–Crippen MR) is 74.9 cm³/mol. The largest absolute Gasteiger partial charge is 0.508 e. The van der Waals surface area contributed by atoms with Crippen molar-refractivity contribution in [3.05, 3.63) is 50.7 Å². The number of aromatic amines is 2. The summed E-state index contributed by atoms with van der Waals surface area (Å²) in [6, 6.07) is 6.47. The van der Waals surface area contributed by atoms with Crippen molar-refractivity contribution in [3.63, 3.8) is 0 Å². The van der Waals surface area contributed by atoms with Crippen LogP contribution in [0.25, 0.3) is 11.2 Å². The van der Waals surface area contributed by atoms with Crippen LogP contribution in [0.5, 0.6) is 5.75 Å².